The van der Waals surface area contributed by atoms with Crippen molar-refractivity contribution in [2.45, 2.75) is 5.92 Å². The largest absolute Gasteiger partial charge is 0.491 e. The van der Waals surface area contributed by atoms with Crippen molar-refractivity contribution >= 4 is 29.2 Å². The van der Waals surface area contributed by atoms with Crippen molar-refractivity contribution in [3.8, 4) is 5.75 Å². The fraction of sp³-hybridized carbons (Fsp3) is 0.214. The number of ether oxygens (including phenoxy) is 2. The van der Waals surface area contributed by atoms with E-state index in [1.807, 2.05) is 0 Å². The summed E-state index contributed by atoms with van der Waals surface area (Å²) < 4.78 is 15.5. The van der Waals surface area contributed by atoms with Crippen molar-refractivity contribution in [1.82, 2.24) is 0 Å². The van der Waals surface area contributed by atoms with Gasteiger partial charge < -0.3 is 13.9 Å². The Labute approximate surface area is 126 Å². The normalized spacial score (nSPS) is 11.9. The van der Waals surface area contributed by atoms with Gasteiger partial charge in [-0.3, -0.25) is 4.79 Å². The van der Waals surface area contributed by atoms with Crippen LogP contribution in [0.3, 0.4) is 0 Å². The second kappa shape index (κ2) is 6.68. The Morgan fingerprint density at radius 1 is 1.25 bits per heavy atom. The minimum Gasteiger partial charge on any atom is -0.491 e. The zero-order valence-electron chi connectivity index (χ0n) is 10.6. The van der Waals surface area contributed by atoms with Crippen LogP contribution in [0, 0.1) is 0 Å². The van der Waals surface area contributed by atoms with Gasteiger partial charge in [0.15, 0.2) is 5.22 Å². The predicted octanol–water partition coefficient (Wildman–Crippen LogP) is 3.92. The first-order valence-electron chi connectivity index (χ1n) is 5.82. The molecule has 6 heteroatoms. The quantitative estimate of drug-likeness (QED) is 0.785. The molecule has 1 atom stereocenters. The third-order valence-electron chi connectivity index (χ3n) is 2.67. The fourth-order valence-corrected chi connectivity index (χ4v) is 2.00. The van der Waals surface area contributed by atoms with E-state index in [1.165, 1.54) is 7.11 Å². The van der Waals surface area contributed by atoms with Crippen molar-refractivity contribution in [1.29, 1.82) is 0 Å². The molecule has 4 nitrogen and oxygen atoms in total. The Balaban J connectivity index is 2.13. The van der Waals surface area contributed by atoms with Gasteiger partial charge in [0.05, 0.1) is 12.1 Å². The second-order valence-electron chi connectivity index (χ2n) is 3.96. The van der Waals surface area contributed by atoms with Crippen LogP contribution in [0.2, 0.25) is 10.2 Å². The van der Waals surface area contributed by atoms with E-state index in [-0.39, 0.29) is 11.8 Å². The molecule has 1 aromatic heterocycles. The van der Waals surface area contributed by atoms with Crippen LogP contribution in [0.4, 0.5) is 0 Å². The maximum absolute atomic E-state index is 11.8. The van der Waals surface area contributed by atoms with Gasteiger partial charge in [0.1, 0.15) is 24.0 Å². The molecule has 0 spiro atoms. The van der Waals surface area contributed by atoms with Crippen LogP contribution in [-0.2, 0) is 9.53 Å². The Morgan fingerprint density at radius 3 is 2.60 bits per heavy atom. The number of para-hydroxylation sites is 1. The summed E-state index contributed by atoms with van der Waals surface area (Å²) in [5, 5.41) is 0.667. The Morgan fingerprint density at radius 2 is 2.00 bits per heavy atom. The number of carbonyl (C=O) groups is 1. The summed E-state index contributed by atoms with van der Waals surface area (Å²) in [7, 11) is 1.30. The molecule has 0 aliphatic rings. The van der Waals surface area contributed by atoms with Gasteiger partial charge in [-0.1, -0.05) is 23.7 Å². The first kappa shape index (κ1) is 14.8. The van der Waals surface area contributed by atoms with Crippen LogP contribution in [0.1, 0.15) is 11.7 Å². The summed E-state index contributed by atoms with van der Waals surface area (Å²) in [4.78, 5) is 11.8. The topological polar surface area (TPSA) is 48.7 Å². The van der Waals surface area contributed by atoms with Crippen LogP contribution in [0.25, 0.3) is 0 Å². The van der Waals surface area contributed by atoms with Gasteiger partial charge in [-0.15, -0.1) is 0 Å². The van der Waals surface area contributed by atoms with Crippen LogP contribution in [0.15, 0.2) is 40.8 Å². The zero-order valence-corrected chi connectivity index (χ0v) is 12.1. The maximum atomic E-state index is 11.8. The van der Waals surface area contributed by atoms with Crippen LogP contribution in [-0.4, -0.2) is 19.7 Å². The van der Waals surface area contributed by atoms with E-state index < -0.39 is 11.9 Å². The van der Waals surface area contributed by atoms with Crippen molar-refractivity contribution in [3.63, 3.8) is 0 Å². The van der Waals surface area contributed by atoms with E-state index in [4.69, 9.17) is 37.1 Å². The van der Waals surface area contributed by atoms with Crippen LogP contribution < -0.4 is 4.74 Å². The SMILES string of the molecule is COC(=O)C(COc1ccccc1Cl)c1ccc(Cl)o1. The molecule has 0 N–H and O–H groups in total. The number of benzene rings is 1. The zero-order chi connectivity index (χ0) is 14.5. The molecule has 20 heavy (non-hydrogen) atoms. The van der Waals surface area contributed by atoms with Crippen LogP contribution >= 0.6 is 23.2 Å². The minimum atomic E-state index is -0.705. The Hall–Kier alpha value is -1.65. The van der Waals surface area contributed by atoms with E-state index >= 15 is 0 Å². The van der Waals surface area contributed by atoms with Gasteiger partial charge in [0.25, 0.3) is 0 Å². The van der Waals surface area contributed by atoms with Gasteiger partial charge in [0, 0.05) is 0 Å². The highest BCUT2D eigenvalue weighted by atomic mass is 35.5. The lowest BCUT2D eigenvalue weighted by molar-refractivity contribution is -0.143. The lowest BCUT2D eigenvalue weighted by Crippen LogP contribution is -2.20. The fourth-order valence-electron chi connectivity index (χ4n) is 1.66. The molecule has 0 aliphatic heterocycles. The first-order chi connectivity index (χ1) is 9.61. The molecule has 1 aromatic carbocycles. The molecular weight excluding hydrogens is 303 g/mol. The first-order valence-corrected chi connectivity index (χ1v) is 6.58. The number of methoxy groups -OCH3 is 1. The Kier molecular flexibility index (Phi) is 4.93. The van der Waals surface area contributed by atoms with Gasteiger partial charge in [-0.2, -0.15) is 0 Å². The Bertz CT molecular complexity index is 594. The van der Waals surface area contributed by atoms with E-state index in [2.05, 4.69) is 0 Å². The number of hydrogen-bond donors (Lipinski definition) is 0. The standard InChI is InChI=1S/C14H12Cl2O4/c1-18-14(17)9(11-6-7-13(16)20-11)8-19-12-5-3-2-4-10(12)15/h2-7,9H,8H2,1H3. The summed E-state index contributed by atoms with van der Waals surface area (Å²) in [5.41, 5.74) is 0. The number of esters is 1. The highest BCUT2D eigenvalue weighted by Gasteiger charge is 2.26. The molecular formula is C14H12Cl2O4. The van der Waals surface area contributed by atoms with Crippen LogP contribution in [0.5, 0.6) is 5.75 Å². The average molecular weight is 315 g/mol. The third kappa shape index (κ3) is 3.46. The molecule has 0 aliphatic carbocycles. The highest BCUT2D eigenvalue weighted by Crippen LogP contribution is 2.27. The van der Waals surface area contributed by atoms with Gasteiger partial charge in [-0.05, 0) is 35.9 Å². The summed E-state index contributed by atoms with van der Waals surface area (Å²) >= 11 is 11.7. The van der Waals surface area contributed by atoms with E-state index in [1.54, 1.807) is 36.4 Å². The van der Waals surface area contributed by atoms with E-state index in [0.717, 1.165) is 0 Å². The second-order valence-corrected chi connectivity index (χ2v) is 4.74. The summed E-state index contributed by atoms with van der Waals surface area (Å²) in [6.07, 6.45) is 0. The van der Waals surface area contributed by atoms with Crippen molar-refractivity contribution in [2.24, 2.45) is 0 Å². The van der Waals surface area contributed by atoms with Crippen molar-refractivity contribution in [3.05, 3.63) is 52.4 Å². The minimum absolute atomic E-state index is 0.0419. The monoisotopic (exact) mass is 314 g/mol. The summed E-state index contributed by atoms with van der Waals surface area (Å²) in [6.45, 7) is 0.0419. The lowest BCUT2D eigenvalue weighted by Gasteiger charge is -2.14. The molecule has 2 aromatic rings. The number of furan rings is 1. The number of rotatable bonds is 5. The lowest BCUT2D eigenvalue weighted by atomic mass is 10.1. The average Bonchev–Trinajstić information content (AvgIpc) is 2.87. The van der Waals surface area contributed by atoms with Gasteiger partial charge >= 0.3 is 5.97 Å². The summed E-state index contributed by atoms with van der Waals surface area (Å²) in [5.74, 6) is -0.304. The highest BCUT2D eigenvalue weighted by molar-refractivity contribution is 6.32. The molecule has 1 unspecified atom stereocenters. The molecule has 0 bridgehead atoms. The molecule has 1 heterocycles. The predicted molar refractivity (Wildman–Crippen MR) is 75.4 cm³/mol. The molecule has 0 fully saturated rings. The third-order valence-corrected chi connectivity index (χ3v) is 3.18. The molecule has 0 amide bonds. The number of halogens is 2. The molecule has 106 valence electrons. The number of hydrogen-bond acceptors (Lipinski definition) is 4. The van der Waals surface area contributed by atoms with E-state index in [9.17, 15) is 4.79 Å². The maximum Gasteiger partial charge on any atom is 0.319 e. The summed E-state index contributed by atoms with van der Waals surface area (Å²) in [6, 6.07) is 10.2. The molecule has 2 rings (SSSR count). The van der Waals surface area contributed by atoms with Crippen molar-refractivity contribution < 1.29 is 18.7 Å². The number of carbonyl (C=O) groups excluding carboxylic acids is 1. The smallest absolute Gasteiger partial charge is 0.319 e. The van der Waals surface area contributed by atoms with Crippen molar-refractivity contribution in [2.75, 3.05) is 13.7 Å². The van der Waals surface area contributed by atoms with E-state index in [0.29, 0.717) is 16.5 Å². The molecule has 0 radical (unpaired) electrons. The molecule has 0 saturated heterocycles. The molecule has 0 saturated carbocycles. The van der Waals surface area contributed by atoms with Gasteiger partial charge in [0.2, 0.25) is 0 Å². The van der Waals surface area contributed by atoms with Gasteiger partial charge in [-0.25, -0.2) is 0 Å².